The number of aryl methyl sites for hydroxylation is 2. The van der Waals surface area contributed by atoms with E-state index in [0.717, 1.165) is 28.1 Å². The molecule has 100 valence electrons. The Morgan fingerprint density at radius 2 is 1.95 bits per heavy atom. The fourth-order valence-corrected chi connectivity index (χ4v) is 2.44. The maximum absolute atomic E-state index is 5.92. The lowest BCUT2D eigenvalue weighted by molar-refractivity contribution is 0.408. The second-order valence-electron chi connectivity index (χ2n) is 4.61. The van der Waals surface area contributed by atoms with Crippen LogP contribution in [0.3, 0.4) is 0 Å². The molecule has 0 bridgehead atoms. The molecule has 4 heteroatoms. The molecule has 2 aromatic rings. The SMILES string of the molecule is COc1c(C)cc(C(CN)c2ccncn2)cc1C. The fraction of sp³-hybridized carbons (Fsp3) is 0.333. The van der Waals surface area contributed by atoms with E-state index in [-0.39, 0.29) is 5.92 Å². The molecule has 0 saturated heterocycles. The number of methoxy groups -OCH3 is 1. The van der Waals surface area contributed by atoms with Crippen LogP contribution in [-0.4, -0.2) is 23.6 Å². The summed E-state index contributed by atoms with van der Waals surface area (Å²) in [5, 5.41) is 0. The summed E-state index contributed by atoms with van der Waals surface area (Å²) in [7, 11) is 1.69. The molecule has 4 nitrogen and oxygen atoms in total. The van der Waals surface area contributed by atoms with Gasteiger partial charge in [0.25, 0.3) is 0 Å². The smallest absolute Gasteiger partial charge is 0.124 e. The first-order chi connectivity index (χ1) is 9.17. The first-order valence-electron chi connectivity index (χ1n) is 6.28. The molecule has 2 N–H and O–H groups in total. The first-order valence-corrected chi connectivity index (χ1v) is 6.28. The Balaban J connectivity index is 2.45. The van der Waals surface area contributed by atoms with Crippen molar-refractivity contribution in [2.75, 3.05) is 13.7 Å². The zero-order chi connectivity index (χ0) is 13.8. The minimum Gasteiger partial charge on any atom is -0.496 e. The van der Waals surface area contributed by atoms with Crippen LogP contribution < -0.4 is 10.5 Å². The van der Waals surface area contributed by atoms with Crippen LogP contribution in [0.1, 0.15) is 28.3 Å². The molecule has 1 aromatic heterocycles. The number of nitrogens with two attached hydrogens (primary N) is 1. The molecular weight excluding hydrogens is 238 g/mol. The van der Waals surface area contributed by atoms with E-state index in [1.165, 1.54) is 0 Å². The van der Waals surface area contributed by atoms with E-state index < -0.39 is 0 Å². The van der Waals surface area contributed by atoms with Gasteiger partial charge in [-0.05, 0) is 36.6 Å². The summed E-state index contributed by atoms with van der Waals surface area (Å²) in [5.74, 6) is 1.02. The molecular formula is C15H19N3O. The van der Waals surface area contributed by atoms with Gasteiger partial charge in [0.05, 0.1) is 12.8 Å². The lowest BCUT2D eigenvalue weighted by atomic mass is 9.92. The lowest BCUT2D eigenvalue weighted by Gasteiger charge is -2.18. The maximum atomic E-state index is 5.92. The van der Waals surface area contributed by atoms with Crippen molar-refractivity contribution >= 4 is 0 Å². The summed E-state index contributed by atoms with van der Waals surface area (Å²) in [4.78, 5) is 8.25. The number of benzene rings is 1. The normalized spacial score (nSPS) is 12.2. The lowest BCUT2D eigenvalue weighted by Crippen LogP contribution is -2.15. The largest absolute Gasteiger partial charge is 0.496 e. The van der Waals surface area contributed by atoms with Gasteiger partial charge >= 0.3 is 0 Å². The molecule has 0 radical (unpaired) electrons. The third kappa shape index (κ3) is 2.74. The number of hydrogen-bond acceptors (Lipinski definition) is 4. The van der Waals surface area contributed by atoms with Crippen molar-refractivity contribution in [3.63, 3.8) is 0 Å². The Labute approximate surface area is 113 Å². The molecule has 0 aliphatic carbocycles. The van der Waals surface area contributed by atoms with E-state index in [1.807, 2.05) is 19.9 Å². The van der Waals surface area contributed by atoms with Gasteiger partial charge in [0.15, 0.2) is 0 Å². The topological polar surface area (TPSA) is 61.0 Å². The van der Waals surface area contributed by atoms with Gasteiger partial charge in [-0.2, -0.15) is 0 Å². The summed E-state index contributed by atoms with van der Waals surface area (Å²) in [6, 6.07) is 6.14. The predicted octanol–water partition coefficient (Wildman–Crippen LogP) is 2.19. The standard InChI is InChI=1S/C15H19N3O/c1-10-6-12(7-11(2)15(10)19-3)13(8-16)14-4-5-17-9-18-14/h4-7,9,13H,8,16H2,1-3H3. The average molecular weight is 257 g/mol. The van der Waals surface area contributed by atoms with E-state index in [4.69, 9.17) is 10.5 Å². The zero-order valence-electron chi connectivity index (χ0n) is 11.6. The highest BCUT2D eigenvalue weighted by molar-refractivity contribution is 5.45. The Morgan fingerprint density at radius 1 is 1.26 bits per heavy atom. The molecule has 1 aromatic carbocycles. The van der Waals surface area contributed by atoms with Crippen molar-refractivity contribution in [1.29, 1.82) is 0 Å². The second-order valence-corrected chi connectivity index (χ2v) is 4.61. The van der Waals surface area contributed by atoms with E-state index in [9.17, 15) is 0 Å². The van der Waals surface area contributed by atoms with Gasteiger partial charge in [-0.1, -0.05) is 12.1 Å². The van der Waals surface area contributed by atoms with Crippen LogP contribution >= 0.6 is 0 Å². The van der Waals surface area contributed by atoms with Crippen LogP contribution in [0, 0.1) is 13.8 Å². The molecule has 0 amide bonds. The minimum atomic E-state index is 0.0892. The van der Waals surface area contributed by atoms with E-state index >= 15 is 0 Å². The monoisotopic (exact) mass is 257 g/mol. The molecule has 0 aliphatic rings. The van der Waals surface area contributed by atoms with Crippen molar-refractivity contribution in [2.45, 2.75) is 19.8 Å². The van der Waals surface area contributed by atoms with E-state index in [1.54, 1.807) is 19.6 Å². The summed E-state index contributed by atoms with van der Waals surface area (Å²) >= 11 is 0. The van der Waals surface area contributed by atoms with E-state index in [2.05, 4.69) is 22.1 Å². The molecule has 19 heavy (non-hydrogen) atoms. The van der Waals surface area contributed by atoms with Crippen molar-refractivity contribution in [2.24, 2.45) is 5.73 Å². The molecule has 0 spiro atoms. The van der Waals surface area contributed by atoms with Gasteiger partial charge < -0.3 is 10.5 Å². The quantitative estimate of drug-likeness (QED) is 0.912. The third-order valence-corrected chi connectivity index (χ3v) is 3.29. The number of nitrogens with zero attached hydrogens (tertiary/aromatic N) is 2. The summed E-state index contributed by atoms with van der Waals surface area (Å²) in [6.45, 7) is 4.61. The Kier molecular flexibility index (Phi) is 4.12. The van der Waals surface area contributed by atoms with Crippen LogP contribution in [-0.2, 0) is 0 Å². The van der Waals surface area contributed by atoms with Crippen LogP contribution in [0.15, 0.2) is 30.7 Å². The number of ether oxygens (including phenoxy) is 1. The summed E-state index contributed by atoms with van der Waals surface area (Å²) in [5.41, 5.74) is 10.3. The van der Waals surface area contributed by atoms with E-state index in [0.29, 0.717) is 6.54 Å². The molecule has 1 heterocycles. The van der Waals surface area contributed by atoms with Gasteiger partial charge in [-0.15, -0.1) is 0 Å². The highest BCUT2D eigenvalue weighted by Gasteiger charge is 2.16. The third-order valence-electron chi connectivity index (χ3n) is 3.29. The summed E-state index contributed by atoms with van der Waals surface area (Å²) in [6.07, 6.45) is 3.30. The van der Waals surface area contributed by atoms with Gasteiger partial charge in [0.2, 0.25) is 0 Å². The fourth-order valence-electron chi connectivity index (χ4n) is 2.44. The Bertz CT molecular complexity index is 532. The second kappa shape index (κ2) is 5.80. The Hall–Kier alpha value is -1.94. The van der Waals surface area contributed by atoms with Crippen molar-refractivity contribution in [1.82, 2.24) is 9.97 Å². The number of rotatable bonds is 4. The first kappa shape index (κ1) is 13.5. The minimum absolute atomic E-state index is 0.0892. The predicted molar refractivity (Wildman–Crippen MR) is 75.4 cm³/mol. The zero-order valence-corrected chi connectivity index (χ0v) is 11.6. The average Bonchev–Trinajstić information content (AvgIpc) is 2.40. The van der Waals surface area contributed by atoms with Gasteiger partial charge in [-0.25, -0.2) is 9.97 Å². The highest BCUT2D eigenvalue weighted by atomic mass is 16.5. The molecule has 1 atom stereocenters. The van der Waals surface area contributed by atoms with Gasteiger partial charge in [0.1, 0.15) is 12.1 Å². The van der Waals surface area contributed by atoms with Crippen molar-refractivity contribution in [3.8, 4) is 5.75 Å². The Morgan fingerprint density at radius 3 is 2.42 bits per heavy atom. The number of hydrogen-bond donors (Lipinski definition) is 1. The molecule has 2 rings (SSSR count). The molecule has 0 fully saturated rings. The van der Waals surface area contributed by atoms with Crippen molar-refractivity contribution in [3.05, 3.63) is 53.1 Å². The van der Waals surface area contributed by atoms with Crippen molar-refractivity contribution < 1.29 is 4.74 Å². The summed E-state index contributed by atoms with van der Waals surface area (Å²) < 4.78 is 5.39. The van der Waals surface area contributed by atoms with Gasteiger partial charge in [-0.3, -0.25) is 0 Å². The molecule has 1 unspecified atom stereocenters. The number of aromatic nitrogens is 2. The highest BCUT2D eigenvalue weighted by Crippen LogP contribution is 2.30. The van der Waals surface area contributed by atoms with Crippen LogP contribution in [0.25, 0.3) is 0 Å². The van der Waals surface area contributed by atoms with Crippen LogP contribution in [0.2, 0.25) is 0 Å². The van der Waals surface area contributed by atoms with Crippen LogP contribution in [0.5, 0.6) is 5.75 Å². The molecule has 0 aliphatic heterocycles. The van der Waals surface area contributed by atoms with Crippen LogP contribution in [0.4, 0.5) is 0 Å². The maximum Gasteiger partial charge on any atom is 0.124 e. The van der Waals surface area contributed by atoms with Gasteiger partial charge in [0, 0.05) is 18.7 Å². The molecule has 0 saturated carbocycles.